The average molecular weight is 1270 g/mol. The molecule has 0 spiro atoms. The summed E-state index contributed by atoms with van der Waals surface area (Å²) < 4.78 is 22.9. The summed E-state index contributed by atoms with van der Waals surface area (Å²) in [6.07, 6.45) is 59.9. The molecule has 12 unspecified atom stereocenters. The summed E-state index contributed by atoms with van der Waals surface area (Å²) in [7, 11) is 0. The molecule has 14 heteroatoms. The van der Waals surface area contributed by atoms with E-state index in [0.29, 0.717) is 12.8 Å². The maximum Gasteiger partial charge on any atom is 0.220 e. The average Bonchev–Trinajstić information content (AvgIpc) is 1.39. The largest absolute Gasteiger partial charge is 0.394 e. The predicted octanol–water partition coefficient (Wildman–Crippen LogP) is 16.3. The van der Waals surface area contributed by atoms with Crippen LogP contribution in [0.4, 0.5) is 0 Å². The van der Waals surface area contributed by atoms with Gasteiger partial charge in [0, 0.05) is 6.42 Å². The van der Waals surface area contributed by atoms with Crippen molar-refractivity contribution in [3.8, 4) is 0 Å². The summed E-state index contributed by atoms with van der Waals surface area (Å²) in [5.74, 6) is -0.241. The van der Waals surface area contributed by atoms with Gasteiger partial charge in [-0.1, -0.05) is 340 Å². The number of carbonyl (C=O) groups is 1. The second kappa shape index (κ2) is 60.2. The maximum absolute atomic E-state index is 13.3. The van der Waals surface area contributed by atoms with Crippen molar-refractivity contribution in [2.24, 2.45) is 0 Å². The van der Waals surface area contributed by atoms with Crippen LogP contribution >= 0.6 is 0 Å². The fraction of sp³-hybridized carbons (Fsp3) is 0.933. The Morgan fingerprint density at radius 1 is 0.393 bits per heavy atom. The lowest BCUT2D eigenvalue weighted by atomic mass is 9.97. The molecule has 89 heavy (non-hydrogen) atoms. The van der Waals surface area contributed by atoms with E-state index in [2.05, 4.69) is 31.3 Å². The molecule has 14 nitrogen and oxygen atoms in total. The molecule has 12 atom stereocenters. The number of amides is 1. The van der Waals surface area contributed by atoms with Crippen molar-refractivity contribution >= 4 is 5.91 Å². The Kier molecular flexibility index (Phi) is 56.5. The highest BCUT2D eigenvalue weighted by atomic mass is 16.7. The molecule has 9 N–H and O–H groups in total. The number of carbonyl (C=O) groups excluding carboxylic acids is 1. The summed E-state index contributed by atoms with van der Waals surface area (Å²) in [5.41, 5.74) is 0. The third-order valence-corrected chi connectivity index (χ3v) is 18.9. The van der Waals surface area contributed by atoms with Crippen molar-refractivity contribution in [1.82, 2.24) is 5.32 Å². The molecule has 0 aromatic carbocycles. The van der Waals surface area contributed by atoms with Gasteiger partial charge in [-0.25, -0.2) is 0 Å². The molecule has 0 bridgehead atoms. The van der Waals surface area contributed by atoms with E-state index in [1.54, 1.807) is 6.08 Å². The Bertz CT molecular complexity index is 1590. The van der Waals surface area contributed by atoms with Crippen LogP contribution in [0.1, 0.15) is 354 Å². The summed E-state index contributed by atoms with van der Waals surface area (Å²) in [5, 5.41) is 87.4. The monoisotopic (exact) mass is 1270 g/mol. The van der Waals surface area contributed by atoms with Crippen LogP contribution in [-0.2, 0) is 23.7 Å². The Balaban J connectivity index is 1.59. The topological polar surface area (TPSA) is 228 Å². The fourth-order valence-corrected chi connectivity index (χ4v) is 12.8. The first-order chi connectivity index (χ1) is 43.6. The van der Waals surface area contributed by atoms with Crippen LogP contribution in [0.5, 0.6) is 0 Å². The number of unbranched alkanes of at least 4 members (excludes halogenated alkanes) is 49. The van der Waals surface area contributed by atoms with Crippen molar-refractivity contribution in [1.29, 1.82) is 0 Å². The molecule has 526 valence electrons. The predicted molar refractivity (Wildman–Crippen MR) is 365 cm³/mol. The van der Waals surface area contributed by atoms with Crippen LogP contribution in [0.15, 0.2) is 24.3 Å². The normalized spacial score (nSPS) is 23.1. The van der Waals surface area contributed by atoms with Gasteiger partial charge in [-0.15, -0.1) is 0 Å². The molecule has 0 radical (unpaired) electrons. The lowest BCUT2D eigenvalue weighted by Gasteiger charge is -2.46. The zero-order valence-corrected chi connectivity index (χ0v) is 57.5. The molecule has 0 saturated carbocycles. The summed E-state index contributed by atoms with van der Waals surface area (Å²) in [6.45, 7) is 2.84. The van der Waals surface area contributed by atoms with Crippen LogP contribution in [0.2, 0.25) is 0 Å². The van der Waals surface area contributed by atoms with Gasteiger partial charge < -0.3 is 65.1 Å². The number of nitrogens with one attached hydrogen (secondary N) is 1. The highest BCUT2D eigenvalue weighted by Gasteiger charge is 2.51. The van der Waals surface area contributed by atoms with Gasteiger partial charge >= 0.3 is 0 Å². The molecule has 2 heterocycles. The minimum Gasteiger partial charge on any atom is -0.394 e. The molecule has 0 aliphatic carbocycles. The van der Waals surface area contributed by atoms with E-state index in [4.69, 9.17) is 18.9 Å². The Morgan fingerprint density at radius 2 is 0.719 bits per heavy atom. The number of aliphatic hydroxyl groups excluding tert-OH is 8. The van der Waals surface area contributed by atoms with Gasteiger partial charge in [-0.3, -0.25) is 4.79 Å². The Morgan fingerprint density at radius 3 is 1.10 bits per heavy atom. The molecule has 0 aromatic rings. The maximum atomic E-state index is 13.3. The van der Waals surface area contributed by atoms with E-state index in [0.717, 1.165) is 32.1 Å². The SMILES string of the molecule is CCCCCCCCCCCCCCC/C=C/CC/C=C/C(O)C(COC1OC(CO)C(OC2OC(CO)C(O)C(O)C2O)C(O)C1O)NC(=O)CCCCCCCCCCCCCCCCCCCCCCCCCCCCCCCCCCCCCC. The number of aliphatic hydroxyl groups is 8. The van der Waals surface area contributed by atoms with Crippen LogP contribution in [0, 0.1) is 0 Å². The van der Waals surface area contributed by atoms with Gasteiger partial charge in [0.15, 0.2) is 12.6 Å². The second-order valence-corrected chi connectivity index (χ2v) is 27.1. The Hall–Kier alpha value is -1.53. The standard InChI is InChI=1S/C75H143NO13/c1-3-5-7-9-11-13-15-17-19-21-23-24-25-26-27-28-29-30-31-32-33-34-35-36-37-38-39-41-43-45-47-49-51-53-55-57-59-67(80)76-63(64(79)58-56-54-52-50-48-46-44-42-40-22-20-18-16-14-12-10-8-6-4-2)62-86-74-72(85)70(83)73(66(61-78)88-74)89-75-71(84)69(82)68(81)65(60-77)87-75/h48,50,56,58,63-66,68-75,77-79,81-85H,3-47,49,51-55,57,59-62H2,1-2H3,(H,76,80)/b50-48+,58-56+. The van der Waals surface area contributed by atoms with Crippen LogP contribution in [0.3, 0.4) is 0 Å². The van der Waals surface area contributed by atoms with Gasteiger partial charge in [0.1, 0.15) is 48.8 Å². The van der Waals surface area contributed by atoms with Crippen molar-refractivity contribution < 1.29 is 64.6 Å². The van der Waals surface area contributed by atoms with Gasteiger partial charge in [-0.05, 0) is 32.1 Å². The van der Waals surface area contributed by atoms with Gasteiger partial charge in [0.2, 0.25) is 5.91 Å². The lowest BCUT2D eigenvalue weighted by molar-refractivity contribution is -0.359. The minimum absolute atomic E-state index is 0.241. The first kappa shape index (κ1) is 83.6. The van der Waals surface area contributed by atoms with Gasteiger partial charge in [0.25, 0.3) is 0 Å². The van der Waals surface area contributed by atoms with Crippen molar-refractivity contribution in [2.75, 3.05) is 19.8 Å². The van der Waals surface area contributed by atoms with Crippen LogP contribution in [0.25, 0.3) is 0 Å². The number of hydrogen-bond donors (Lipinski definition) is 9. The van der Waals surface area contributed by atoms with E-state index in [9.17, 15) is 45.6 Å². The second-order valence-electron chi connectivity index (χ2n) is 27.1. The number of ether oxygens (including phenoxy) is 4. The molecule has 2 fully saturated rings. The lowest BCUT2D eigenvalue weighted by Crippen LogP contribution is -2.65. The minimum atomic E-state index is -1.79. The first-order valence-electron chi connectivity index (χ1n) is 38.1. The molecular weight excluding hydrogens is 1120 g/mol. The summed E-state index contributed by atoms with van der Waals surface area (Å²) in [4.78, 5) is 13.3. The third kappa shape index (κ3) is 44.0. The van der Waals surface area contributed by atoms with Gasteiger partial charge in [-0.2, -0.15) is 0 Å². The molecule has 2 aliphatic rings. The third-order valence-electron chi connectivity index (χ3n) is 18.9. The van der Waals surface area contributed by atoms with E-state index in [-0.39, 0.29) is 18.9 Å². The molecule has 2 saturated heterocycles. The highest BCUT2D eigenvalue weighted by molar-refractivity contribution is 5.76. The van der Waals surface area contributed by atoms with Crippen molar-refractivity contribution in [2.45, 2.75) is 428 Å². The zero-order chi connectivity index (χ0) is 64.5. The van der Waals surface area contributed by atoms with Crippen molar-refractivity contribution in [3.05, 3.63) is 24.3 Å². The first-order valence-corrected chi connectivity index (χ1v) is 38.1. The summed E-state index contributed by atoms with van der Waals surface area (Å²) in [6, 6.07) is -0.929. The number of rotatable bonds is 64. The Labute approximate surface area is 545 Å². The van der Waals surface area contributed by atoms with Crippen LogP contribution < -0.4 is 5.32 Å². The van der Waals surface area contributed by atoms with E-state index < -0.39 is 86.8 Å². The molecule has 2 rings (SSSR count). The zero-order valence-electron chi connectivity index (χ0n) is 57.5. The van der Waals surface area contributed by atoms with E-state index >= 15 is 0 Å². The van der Waals surface area contributed by atoms with E-state index in [1.807, 2.05) is 6.08 Å². The number of allylic oxidation sites excluding steroid dienone is 3. The van der Waals surface area contributed by atoms with Crippen LogP contribution in [-0.4, -0.2) is 140 Å². The molecule has 1 amide bonds. The van der Waals surface area contributed by atoms with Gasteiger partial charge in [0.05, 0.1) is 32.0 Å². The molecular formula is C75H143NO13. The molecule has 2 aliphatic heterocycles. The fourth-order valence-electron chi connectivity index (χ4n) is 12.8. The summed E-state index contributed by atoms with van der Waals surface area (Å²) >= 11 is 0. The quantitative estimate of drug-likeness (QED) is 0.0204. The smallest absolute Gasteiger partial charge is 0.220 e. The van der Waals surface area contributed by atoms with E-state index in [1.165, 1.54) is 289 Å². The molecule has 0 aromatic heterocycles. The van der Waals surface area contributed by atoms with Crippen molar-refractivity contribution in [3.63, 3.8) is 0 Å². The number of hydrogen-bond acceptors (Lipinski definition) is 13. The highest BCUT2D eigenvalue weighted by Crippen LogP contribution is 2.30.